The van der Waals surface area contributed by atoms with Crippen LogP contribution < -0.4 is 9.80 Å². The topological polar surface area (TPSA) is 32.3 Å². The van der Waals surface area contributed by atoms with Crippen molar-refractivity contribution in [2.75, 3.05) is 16.8 Å². The summed E-state index contributed by atoms with van der Waals surface area (Å²) in [5.74, 6) is 2.78. The van der Waals surface area contributed by atoms with Crippen molar-refractivity contribution in [3.8, 4) is 11.4 Å². The van der Waals surface area contributed by atoms with Crippen molar-refractivity contribution in [2.24, 2.45) is 11.3 Å². The summed E-state index contributed by atoms with van der Waals surface area (Å²) in [6.07, 6.45) is 6.99. The summed E-state index contributed by atoms with van der Waals surface area (Å²) < 4.78 is 0. The lowest BCUT2D eigenvalue weighted by Gasteiger charge is -2.49. The molecule has 0 saturated heterocycles. The fourth-order valence-electron chi connectivity index (χ4n) is 5.87. The van der Waals surface area contributed by atoms with Crippen LogP contribution in [-0.4, -0.2) is 23.2 Å². The number of hydrogen-bond acceptors (Lipinski definition) is 4. The van der Waals surface area contributed by atoms with E-state index in [9.17, 15) is 0 Å². The maximum absolute atomic E-state index is 5.15. The molecule has 0 amide bonds. The molecule has 4 atom stereocenters. The third kappa shape index (κ3) is 2.11. The third-order valence-electron chi connectivity index (χ3n) is 7.52. The molecule has 0 bridgehead atoms. The highest BCUT2D eigenvalue weighted by atomic mass is 15.5. The van der Waals surface area contributed by atoms with Crippen molar-refractivity contribution >= 4 is 17.2 Å². The highest BCUT2D eigenvalue weighted by Gasteiger charge is 2.56. The van der Waals surface area contributed by atoms with Crippen LogP contribution in [0.4, 0.5) is 17.2 Å². The molecule has 1 aliphatic carbocycles. The number of anilines is 3. The van der Waals surface area contributed by atoms with Crippen LogP contribution in [0.25, 0.3) is 11.4 Å². The standard InChI is InChI=1S/C26H26N4/c1-16-9-5-6-10-18(16)23-27-15-22-24(28-23)30-21-12-8-7-11-19(21)17(2)20-13-14-26(20,3)25(30)29(22)4/h5-15,17,20,25H,1-4H3. The second-order valence-electron chi connectivity index (χ2n) is 9.17. The van der Waals surface area contributed by atoms with E-state index in [-0.39, 0.29) is 11.6 Å². The van der Waals surface area contributed by atoms with Crippen molar-refractivity contribution in [1.82, 2.24) is 9.97 Å². The van der Waals surface area contributed by atoms with Gasteiger partial charge in [0.05, 0.1) is 6.20 Å². The third-order valence-corrected chi connectivity index (χ3v) is 7.52. The van der Waals surface area contributed by atoms with Gasteiger partial charge in [-0.1, -0.05) is 68.5 Å². The van der Waals surface area contributed by atoms with Gasteiger partial charge in [0.2, 0.25) is 0 Å². The SMILES string of the molecule is Cc1ccccc1-c1ncc2c(n1)N1c3ccccc3C(C)C3C=CC3(C)C1N2C. The largest absolute Gasteiger partial charge is 0.349 e. The Bertz CT molecular complexity index is 1200. The Morgan fingerprint density at radius 2 is 1.77 bits per heavy atom. The predicted octanol–water partition coefficient (Wildman–Crippen LogP) is 5.68. The van der Waals surface area contributed by atoms with Crippen molar-refractivity contribution < 1.29 is 0 Å². The zero-order valence-corrected chi connectivity index (χ0v) is 17.9. The number of aromatic nitrogens is 2. The van der Waals surface area contributed by atoms with E-state index in [1.54, 1.807) is 0 Å². The predicted molar refractivity (Wildman–Crippen MR) is 122 cm³/mol. The Morgan fingerprint density at radius 1 is 1.00 bits per heavy atom. The molecule has 2 aromatic carbocycles. The number of fused-ring (bicyclic) bond motifs is 7. The molecular weight excluding hydrogens is 368 g/mol. The molecule has 0 N–H and O–H groups in total. The van der Waals surface area contributed by atoms with E-state index in [1.165, 1.54) is 16.8 Å². The van der Waals surface area contributed by atoms with E-state index >= 15 is 0 Å². The van der Waals surface area contributed by atoms with Crippen molar-refractivity contribution in [1.29, 1.82) is 0 Å². The lowest BCUT2D eigenvalue weighted by atomic mass is 9.61. The van der Waals surface area contributed by atoms with Crippen LogP contribution in [0.1, 0.15) is 30.9 Å². The monoisotopic (exact) mass is 394 g/mol. The summed E-state index contributed by atoms with van der Waals surface area (Å²) in [6.45, 7) is 6.89. The zero-order chi connectivity index (χ0) is 20.6. The zero-order valence-electron chi connectivity index (χ0n) is 17.9. The van der Waals surface area contributed by atoms with Crippen LogP contribution in [0, 0.1) is 18.3 Å². The maximum Gasteiger partial charge on any atom is 0.162 e. The van der Waals surface area contributed by atoms with Gasteiger partial charge < -0.3 is 9.80 Å². The molecule has 0 fully saturated rings. The van der Waals surface area contributed by atoms with Gasteiger partial charge in [0, 0.05) is 23.7 Å². The molecule has 1 aromatic heterocycles. The van der Waals surface area contributed by atoms with Gasteiger partial charge >= 0.3 is 0 Å². The normalized spacial score (nSPS) is 28.2. The van der Waals surface area contributed by atoms with Gasteiger partial charge in [-0.3, -0.25) is 0 Å². The Morgan fingerprint density at radius 3 is 2.53 bits per heavy atom. The molecule has 0 spiro atoms. The number of rotatable bonds is 1. The fourth-order valence-corrected chi connectivity index (χ4v) is 5.87. The van der Waals surface area contributed by atoms with Gasteiger partial charge in [0.15, 0.2) is 11.6 Å². The smallest absolute Gasteiger partial charge is 0.162 e. The number of para-hydroxylation sites is 1. The molecule has 4 unspecified atom stereocenters. The maximum atomic E-state index is 5.15. The average molecular weight is 395 g/mol. The number of nitrogens with zero attached hydrogens (tertiary/aromatic N) is 4. The van der Waals surface area contributed by atoms with Crippen LogP contribution in [0.15, 0.2) is 66.9 Å². The fraction of sp³-hybridized carbons (Fsp3) is 0.308. The molecule has 30 heavy (non-hydrogen) atoms. The molecule has 3 aromatic rings. The summed E-state index contributed by atoms with van der Waals surface area (Å²) in [6, 6.07) is 17.2. The quantitative estimate of drug-likeness (QED) is 0.497. The summed E-state index contributed by atoms with van der Waals surface area (Å²) in [4.78, 5) is 14.8. The first-order valence-corrected chi connectivity index (χ1v) is 10.7. The first kappa shape index (κ1) is 17.7. The number of hydrogen-bond donors (Lipinski definition) is 0. The van der Waals surface area contributed by atoms with Gasteiger partial charge in [-0.05, 0) is 36.0 Å². The molecular formula is C26H26N4. The first-order valence-electron chi connectivity index (χ1n) is 10.7. The van der Waals surface area contributed by atoms with E-state index < -0.39 is 0 Å². The van der Waals surface area contributed by atoms with Crippen LogP contribution in [0.3, 0.4) is 0 Å². The minimum Gasteiger partial charge on any atom is -0.349 e. The van der Waals surface area contributed by atoms with E-state index in [4.69, 9.17) is 9.97 Å². The minimum absolute atomic E-state index is 0.0523. The molecule has 6 rings (SSSR count). The summed E-state index contributed by atoms with van der Waals surface area (Å²) in [7, 11) is 2.19. The van der Waals surface area contributed by atoms with Crippen LogP contribution >= 0.6 is 0 Å². The first-order chi connectivity index (χ1) is 14.5. The second-order valence-corrected chi connectivity index (χ2v) is 9.17. The highest BCUT2D eigenvalue weighted by Crippen LogP contribution is 2.60. The van der Waals surface area contributed by atoms with Crippen LogP contribution in [-0.2, 0) is 0 Å². The molecule has 150 valence electrons. The van der Waals surface area contributed by atoms with E-state index in [2.05, 4.69) is 98.3 Å². The Kier molecular flexibility index (Phi) is 3.51. The van der Waals surface area contributed by atoms with Gasteiger partial charge in [-0.15, -0.1) is 0 Å². The molecule has 3 heterocycles. The van der Waals surface area contributed by atoms with E-state index in [0.29, 0.717) is 11.8 Å². The van der Waals surface area contributed by atoms with Gasteiger partial charge in [-0.25, -0.2) is 9.97 Å². The van der Waals surface area contributed by atoms with Crippen molar-refractivity contribution in [2.45, 2.75) is 32.9 Å². The number of benzene rings is 2. The Balaban J connectivity index is 1.60. The van der Waals surface area contributed by atoms with E-state index in [0.717, 1.165) is 22.9 Å². The molecule has 0 saturated carbocycles. The molecule has 0 radical (unpaired) electrons. The van der Waals surface area contributed by atoms with E-state index in [1.807, 2.05) is 6.20 Å². The molecule has 3 aliphatic rings. The number of allylic oxidation sites excluding steroid dienone is 1. The second kappa shape index (κ2) is 5.94. The minimum atomic E-state index is 0.0523. The number of aryl methyl sites for hydroxylation is 1. The van der Waals surface area contributed by atoms with Crippen LogP contribution in [0.2, 0.25) is 0 Å². The lowest BCUT2D eigenvalue weighted by Crippen LogP contribution is -2.55. The Labute approximate surface area is 177 Å². The summed E-state index contributed by atoms with van der Waals surface area (Å²) >= 11 is 0. The van der Waals surface area contributed by atoms with Gasteiger partial charge in [0.25, 0.3) is 0 Å². The lowest BCUT2D eigenvalue weighted by molar-refractivity contribution is 0.195. The average Bonchev–Trinajstić information content (AvgIpc) is 3.02. The molecule has 4 nitrogen and oxygen atoms in total. The van der Waals surface area contributed by atoms with Crippen molar-refractivity contribution in [3.63, 3.8) is 0 Å². The Hall–Kier alpha value is -3.14. The summed E-state index contributed by atoms with van der Waals surface area (Å²) in [5.41, 5.74) is 6.11. The molecule has 4 heteroatoms. The van der Waals surface area contributed by atoms with Gasteiger partial charge in [-0.2, -0.15) is 0 Å². The van der Waals surface area contributed by atoms with Crippen molar-refractivity contribution in [3.05, 3.63) is 78.0 Å². The highest BCUT2D eigenvalue weighted by molar-refractivity contribution is 5.84. The molecule has 2 aliphatic heterocycles. The van der Waals surface area contributed by atoms with Crippen LogP contribution in [0.5, 0.6) is 0 Å². The summed E-state index contributed by atoms with van der Waals surface area (Å²) in [5, 5.41) is 0. The van der Waals surface area contributed by atoms with Gasteiger partial charge in [0.1, 0.15) is 11.9 Å².